The summed E-state index contributed by atoms with van der Waals surface area (Å²) < 4.78 is 0. The van der Waals surface area contributed by atoms with Gasteiger partial charge in [0.25, 0.3) is 0 Å². The molecule has 0 unspecified atom stereocenters. The summed E-state index contributed by atoms with van der Waals surface area (Å²) in [5.41, 5.74) is 2.47. The highest BCUT2D eigenvalue weighted by molar-refractivity contribution is 6.30. The van der Waals surface area contributed by atoms with Gasteiger partial charge < -0.3 is 15.7 Å². The molecule has 1 aromatic heterocycles. The van der Waals surface area contributed by atoms with Gasteiger partial charge >= 0.3 is 0 Å². The largest absolute Gasteiger partial charge is 0.387 e. The molecule has 1 fully saturated rings. The number of nitrogens with zero attached hydrogens (tertiary/aromatic N) is 1. The van der Waals surface area contributed by atoms with Gasteiger partial charge in [-0.1, -0.05) is 23.7 Å². The highest BCUT2D eigenvalue weighted by Crippen LogP contribution is 2.23. The van der Waals surface area contributed by atoms with Crippen molar-refractivity contribution in [1.29, 1.82) is 0 Å². The Morgan fingerprint density at radius 3 is 2.86 bits per heavy atom. The van der Waals surface area contributed by atoms with Crippen LogP contribution in [0.25, 0.3) is 11.3 Å². The number of aromatic amines is 1. The highest BCUT2D eigenvalue weighted by Gasteiger charge is 2.30. The van der Waals surface area contributed by atoms with Gasteiger partial charge in [-0.3, -0.25) is 5.10 Å². The van der Waals surface area contributed by atoms with Gasteiger partial charge in [-0.25, -0.2) is 0 Å². The van der Waals surface area contributed by atoms with Crippen molar-refractivity contribution >= 4 is 11.6 Å². The van der Waals surface area contributed by atoms with Crippen LogP contribution in [0, 0.1) is 0 Å². The number of halogens is 1. The summed E-state index contributed by atoms with van der Waals surface area (Å²) in [6.45, 7) is 2.76. The molecule has 0 amide bonds. The van der Waals surface area contributed by atoms with Gasteiger partial charge in [0.15, 0.2) is 0 Å². The second kappa shape index (κ2) is 6.15. The molecule has 5 nitrogen and oxygen atoms in total. The van der Waals surface area contributed by atoms with Crippen LogP contribution >= 0.6 is 11.6 Å². The summed E-state index contributed by atoms with van der Waals surface area (Å²) in [4.78, 5) is 0. The quantitative estimate of drug-likeness (QED) is 0.676. The number of β-amino-alcohol motifs (C(OH)–C–C–N with tert-alkyl or cyclic N) is 1. The lowest BCUT2D eigenvalue weighted by molar-refractivity contribution is 0.0609. The van der Waals surface area contributed by atoms with Crippen LogP contribution in [0.4, 0.5) is 0 Å². The van der Waals surface area contributed by atoms with Crippen LogP contribution in [0.15, 0.2) is 30.5 Å². The van der Waals surface area contributed by atoms with Crippen molar-refractivity contribution < 1.29 is 5.11 Å². The predicted octanol–water partition coefficient (Wildman–Crippen LogP) is 1.54. The molecule has 4 N–H and O–H groups in total. The molecule has 1 aliphatic rings. The third kappa shape index (κ3) is 3.44. The average molecular weight is 307 g/mol. The van der Waals surface area contributed by atoms with E-state index in [1.165, 1.54) is 0 Å². The first-order valence-electron chi connectivity index (χ1n) is 7.08. The summed E-state index contributed by atoms with van der Waals surface area (Å²) in [5, 5.41) is 24.6. The van der Waals surface area contributed by atoms with Crippen LogP contribution in [-0.2, 0) is 6.54 Å². The zero-order valence-electron chi connectivity index (χ0n) is 11.7. The number of nitrogens with one attached hydrogen (secondary N) is 3. The van der Waals surface area contributed by atoms with Gasteiger partial charge in [0.05, 0.1) is 17.5 Å². The van der Waals surface area contributed by atoms with E-state index in [1.807, 2.05) is 30.5 Å². The zero-order valence-corrected chi connectivity index (χ0v) is 12.5. The van der Waals surface area contributed by atoms with E-state index in [1.54, 1.807) is 0 Å². The number of H-pyrrole nitrogens is 1. The van der Waals surface area contributed by atoms with Crippen molar-refractivity contribution in [3.05, 3.63) is 41.0 Å². The van der Waals surface area contributed by atoms with Crippen molar-refractivity contribution in [3.63, 3.8) is 0 Å². The molecular formula is C15H19ClN4O. The lowest BCUT2D eigenvalue weighted by atomic mass is 10.0. The maximum absolute atomic E-state index is 10.3. The fraction of sp³-hybridized carbons (Fsp3) is 0.400. The second-order valence-corrected chi connectivity index (χ2v) is 5.97. The van der Waals surface area contributed by atoms with E-state index in [-0.39, 0.29) is 0 Å². The molecule has 0 saturated carbocycles. The molecule has 1 atom stereocenters. The molecule has 112 valence electrons. The standard InChI is InChI=1S/C15H19ClN4O/c16-13-3-1-11(2-4-13)14-12(8-19-20-14)7-18-10-15(21)5-6-17-9-15/h1-4,8,17-18,21H,5-7,9-10H2,(H,19,20)/t15-/m1/s1. The van der Waals surface area contributed by atoms with Gasteiger partial charge in [-0.15, -0.1) is 0 Å². The van der Waals surface area contributed by atoms with Crippen molar-refractivity contribution in [2.24, 2.45) is 0 Å². The summed E-state index contributed by atoms with van der Waals surface area (Å²) in [6.07, 6.45) is 2.60. The van der Waals surface area contributed by atoms with E-state index < -0.39 is 5.60 Å². The number of hydrogen-bond acceptors (Lipinski definition) is 4. The lowest BCUT2D eigenvalue weighted by Gasteiger charge is -2.21. The van der Waals surface area contributed by atoms with Crippen LogP contribution in [0.1, 0.15) is 12.0 Å². The molecular weight excluding hydrogens is 288 g/mol. The summed E-state index contributed by atoms with van der Waals surface area (Å²) in [5.74, 6) is 0. The first-order valence-corrected chi connectivity index (χ1v) is 7.46. The van der Waals surface area contributed by atoms with Gasteiger partial charge in [-0.05, 0) is 30.7 Å². The van der Waals surface area contributed by atoms with E-state index in [0.29, 0.717) is 24.7 Å². The second-order valence-electron chi connectivity index (χ2n) is 5.53. The normalized spacial score (nSPS) is 21.8. The number of aromatic nitrogens is 2. The molecule has 0 spiro atoms. The van der Waals surface area contributed by atoms with E-state index in [0.717, 1.165) is 29.8 Å². The van der Waals surface area contributed by atoms with Crippen molar-refractivity contribution in [3.8, 4) is 11.3 Å². The summed E-state index contributed by atoms with van der Waals surface area (Å²) in [6, 6.07) is 7.66. The minimum Gasteiger partial charge on any atom is -0.387 e. The van der Waals surface area contributed by atoms with Crippen LogP contribution < -0.4 is 10.6 Å². The number of aliphatic hydroxyl groups is 1. The van der Waals surface area contributed by atoms with Crippen LogP contribution in [0.3, 0.4) is 0 Å². The molecule has 1 aromatic carbocycles. The maximum atomic E-state index is 10.3. The lowest BCUT2D eigenvalue weighted by Crippen LogP contribution is -2.42. The SMILES string of the molecule is O[C@]1(CNCc2cn[nH]c2-c2ccc(Cl)cc2)CCNC1. The van der Waals surface area contributed by atoms with Crippen LogP contribution in [0.5, 0.6) is 0 Å². The fourth-order valence-electron chi connectivity index (χ4n) is 2.62. The Balaban J connectivity index is 1.64. The van der Waals surface area contributed by atoms with Crippen molar-refractivity contribution in [1.82, 2.24) is 20.8 Å². The first-order chi connectivity index (χ1) is 10.2. The van der Waals surface area contributed by atoms with Gasteiger partial charge in [0.1, 0.15) is 0 Å². The Kier molecular flexibility index (Phi) is 4.26. The van der Waals surface area contributed by atoms with Crippen LogP contribution in [-0.4, -0.2) is 40.5 Å². The Bertz CT molecular complexity index is 590. The van der Waals surface area contributed by atoms with E-state index in [4.69, 9.17) is 11.6 Å². The van der Waals surface area contributed by atoms with Gasteiger partial charge in [0.2, 0.25) is 0 Å². The van der Waals surface area contributed by atoms with E-state index in [2.05, 4.69) is 20.8 Å². The smallest absolute Gasteiger partial charge is 0.0907 e. The minimum atomic E-state index is -0.635. The number of benzene rings is 1. The van der Waals surface area contributed by atoms with Crippen molar-refractivity contribution in [2.45, 2.75) is 18.6 Å². The summed E-state index contributed by atoms with van der Waals surface area (Å²) >= 11 is 5.91. The molecule has 1 saturated heterocycles. The van der Waals surface area contributed by atoms with E-state index >= 15 is 0 Å². The van der Waals surface area contributed by atoms with Crippen LogP contribution in [0.2, 0.25) is 5.02 Å². The zero-order chi connectivity index (χ0) is 14.7. The molecule has 0 radical (unpaired) electrons. The summed E-state index contributed by atoms with van der Waals surface area (Å²) in [7, 11) is 0. The molecule has 1 aliphatic heterocycles. The number of hydrogen-bond donors (Lipinski definition) is 4. The highest BCUT2D eigenvalue weighted by atomic mass is 35.5. The minimum absolute atomic E-state index is 0.575. The Morgan fingerprint density at radius 2 is 2.14 bits per heavy atom. The number of rotatable bonds is 5. The molecule has 21 heavy (non-hydrogen) atoms. The average Bonchev–Trinajstić information content (AvgIpc) is 3.10. The molecule has 2 aromatic rings. The molecule has 2 heterocycles. The molecule has 0 aliphatic carbocycles. The van der Waals surface area contributed by atoms with Crippen molar-refractivity contribution in [2.75, 3.05) is 19.6 Å². The Hall–Kier alpha value is -1.40. The van der Waals surface area contributed by atoms with Gasteiger partial charge in [0, 0.05) is 30.2 Å². The topological polar surface area (TPSA) is 73.0 Å². The first kappa shape index (κ1) is 14.5. The Morgan fingerprint density at radius 1 is 1.33 bits per heavy atom. The monoisotopic (exact) mass is 306 g/mol. The van der Waals surface area contributed by atoms with E-state index in [9.17, 15) is 5.11 Å². The molecule has 3 rings (SSSR count). The third-order valence-corrected chi connectivity index (χ3v) is 4.09. The Labute approximate surface area is 128 Å². The van der Waals surface area contributed by atoms with Gasteiger partial charge in [-0.2, -0.15) is 5.10 Å². The fourth-order valence-corrected chi connectivity index (χ4v) is 2.75. The molecule has 6 heteroatoms. The predicted molar refractivity (Wildman–Crippen MR) is 83.2 cm³/mol. The maximum Gasteiger partial charge on any atom is 0.0907 e. The molecule has 0 bridgehead atoms. The third-order valence-electron chi connectivity index (χ3n) is 3.84.